The zero-order valence-corrected chi connectivity index (χ0v) is 9.49. The zero-order valence-electron chi connectivity index (χ0n) is 8.73. The van der Waals surface area contributed by atoms with E-state index in [1.165, 1.54) is 12.1 Å². The maximum absolute atomic E-state index is 11.0. The molecule has 86 valence electrons. The molecule has 1 aromatic carbocycles. The summed E-state index contributed by atoms with van der Waals surface area (Å²) in [4.78, 5) is 21.5. The highest BCUT2D eigenvalue weighted by Crippen LogP contribution is 2.21. The summed E-state index contributed by atoms with van der Waals surface area (Å²) < 4.78 is 9.81. The predicted molar refractivity (Wildman–Crippen MR) is 59.0 cm³/mol. The fourth-order valence-electron chi connectivity index (χ4n) is 1.04. The van der Waals surface area contributed by atoms with Gasteiger partial charge in [-0.25, -0.2) is 4.79 Å². The van der Waals surface area contributed by atoms with Gasteiger partial charge in [0.2, 0.25) is 0 Å². The van der Waals surface area contributed by atoms with Gasteiger partial charge in [0, 0.05) is 5.56 Å². The van der Waals surface area contributed by atoms with Crippen molar-refractivity contribution in [2.24, 2.45) is 0 Å². The number of benzene rings is 1. The highest BCUT2D eigenvalue weighted by atomic mass is 35.5. The summed E-state index contributed by atoms with van der Waals surface area (Å²) in [5.41, 5.74) is 0.380. The average Bonchev–Trinajstić information content (AvgIpc) is 2.27. The van der Waals surface area contributed by atoms with Crippen molar-refractivity contribution < 1.29 is 19.1 Å². The van der Waals surface area contributed by atoms with E-state index in [-0.39, 0.29) is 11.6 Å². The first-order valence-corrected chi connectivity index (χ1v) is 5.08. The summed E-state index contributed by atoms with van der Waals surface area (Å²) in [6.45, 7) is 1.85. The van der Waals surface area contributed by atoms with Gasteiger partial charge < -0.3 is 9.47 Å². The van der Waals surface area contributed by atoms with Crippen molar-refractivity contribution in [1.29, 1.82) is 0 Å². The fraction of sp³-hybridized carbons (Fsp3) is 0.273. The molecule has 5 heteroatoms. The number of carbonyl (C=O) groups is 2. The molecule has 1 rings (SSSR count). The first-order chi connectivity index (χ1) is 7.67. The van der Waals surface area contributed by atoms with E-state index >= 15 is 0 Å². The van der Waals surface area contributed by atoms with Crippen molar-refractivity contribution in [3.8, 4) is 5.75 Å². The second kappa shape index (κ2) is 6.12. The maximum atomic E-state index is 11.0. The molecule has 0 aromatic heterocycles. The van der Waals surface area contributed by atoms with E-state index in [1.807, 2.05) is 0 Å². The SMILES string of the molecule is CCOC(=O)COc1ccc(C=O)c(Cl)c1. The van der Waals surface area contributed by atoms with Crippen LogP contribution in [0.3, 0.4) is 0 Å². The van der Waals surface area contributed by atoms with Crippen LogP contribution < -0.4 is 4.74 Å². The summed E-state index contributed by atoms with van der Waals surface area (Å²) in [5, 5.41) is 0.288. The highest BCUT2D eigenvalue weighted by Gasteiger charge is 2.05. The molecule has 4 nitrogen and oxygen atoms in total. The van der Waals surface area contributed by atoms with Crippen LogP contribution in [0.5, 0.6) is 5.75 Å². The Bertz CT molecular complexity index is 390. The van der Waals surface area contributed by atoms with E-state index in [1.54, 1.807) is 13.0 Å². The predicted octanol–water partition coefficient (Wildman–Crippen LogP) is 2.09. The van der Waals surface area contributed by atoms with Gasteiger partial charge in [0.05, 0.1) is 11.6 Å². The smallest absolute Gasteiger partial charge is 0.344 e. The molecule has 0 aliphatic heterocycles. The van der Waals surface area contributed by atoms with Gasteiger partial charge in [-0.15, -0.1) is 0 Å². The normalized spacial score (nSPS) is 9.62. The van der Waals surface area contributed by atoms with Crippen LogP contribution in [-0.4, -0.2) is 25.5 Å². The van der Waals surface area contributed by atoms with Gasteiger partial charge >= 0.3 is 5.97 Å². The molecule has 0 heterocycles. The molecular weight excluding hydrogens is 232 g/mol. The largest absolute Gasteiger partial charge is 0.482 e. The van der Waals surface area contributed by atoms with Gasteiger partial charge in [0.1, 0.15) is 5.75 Å². The summed E-state index contributed by atoms with van der Waals surface area (Å²) in [5.74, 6) is -0.0262. The number of hydrogen-bond acceptors (Lipinski definition) is 4. The molecule has 1 aromatic rings. The average molecular weight is 243 g/mol. The molecule has 0 atom stereocenters. The number of carbonyl (C=O) groups excluding carboxylic acids is 2. The summed E-state index contributed by atoms with van der Waals surface area (Å²) in [6, 6.07) is 4.56. The van der Waals surface area contributed by atoms with Crippen LogP contribution in [0, 0.1) is 0 Å². The summed E-state index contributed by atoms with van der Waals surface area (Å²) in [6.07, 6.45) is 0.650. The second-order valence-corrected chi connectivity index (χ2v) is 3.30. The van der Waals surface area contributed by atoms with Crippen molar-refractivity contribution in [2.45, 2.75) is 6.92 Å². The molecule has 0 saturated heterocycles. The Labute approximate surface area is 98.1 Å². The molecule has 0 amide bonds. The van der Waals surface area contributed by atoms with Gasteiger partial charge in [-0.1, -0.05) is 11.6 Å². The van der Waals surface area contributed by atoms with Gasteiger partial charge in [0.15, 0.2) is 12.9 Å². The molecule has 16 heavy (non-hydrogen) atoms. The number of ether oxygens (including phenoxy) is 2. The first-order valence-electron chi connectivity index (χ1n) is 4.70. The molecule has 0 spiro atoms. The van der Waals surface area contributed by atoms with Crippen LogP contribution in [0.1, 0.15) is 17.3 Å². The molecule has 0 radical (unpaired) electrons. The van der Waals surface area contributed by atoms with Crippen LogP contribution >= 0.6 is 11.6 Å². The third kappa shape index (κ3) is 3.55. The molecule has 0 unspecified atom stereocenters. The van der Waals surface area contributed by atoms with Crippen molar-refractivity contribution in [3.63, 3.8) is 0 Å². The Hall–Kier alpha value is -1.55. The lowest BCUT2D eigenvalue weighted by Crippen LogP contribution is -2.14. The monoisotopic (exact) mass is 242 g/mol. The Balaban J connectivity index is 2.58. The maximum Gasteiger partial charge on any atom is 0.344 e. The summed E-state index contributed by atoms with van der Waals surface area (Å²) in [7, 11) is 0. The molecule has 0 aliphatic carbocycles. The van der Waals surface area contributed by atoms with Gasteiger partial charge in [-0.05, 0) is 25.1 Å². The van der Waals surface area contributed by atoms with E-state index in [0.717, 1.165) is 0 Å². The van der Waals surface area contributed by atoms with Gasteiger partial charge in [-0.2, -0.15) is 0 Å². The van der Waals surface area contributed by atoms with E-state index < -0.39 is 5.97 Å². The lowest BCUT2D eigenvalue weighted by Gasteiger charge is -2.06. The number of rotatable bonds is 5. The van der Waals surface area contributed by atoms with Crippen molar-refractivity contribution in [1.82, 2.24) is 0 Å². The third-order valence-corrected chi connectivity index (χ3v) is 2.09. The van der Waals surface area contributed by atoms with Crippen molar-refractivity contribution >= 4 is 23.9 Å². The number of halogens is 1. The van der Waals surface area contributed by atoms with Gasteiger partial charge in [0.25, 0.3) is 0 Å². The third-order valence-electron chi connectivity index (χ3n) is 1.76. The van der Waals surface area contributed by atoms with E-state index in [9.17, 15) is 9.59 Å². The molecular formula is C11H11ClO4. The molecule has 0 saturated carbocycles. The van der Waals surface area contributed by atoms with Gasteiger partial charge in [-0.3, -0.25) is 4.79 Å². The number of aldehydes is 1. The van der Waals surface area contributed by atoms with Crippen molar-refractivity contribution in [3.05, 3.63) is 28.8 Å². The minimum Gasteiger partial charge on any atom is -0.482 e. The van der Waals surface area contributed by atoms with Crippen LogP contribution in [0.4, 0.5) is 0 Å². The molecule has 0 aliphatic rings. The minimum atomic E-state index is -0.446. The lowest BCUT2D eigenvalue weighted by atomic mass is 10.2. The lowest BCUT2D eigenvalue weighted by molar-refractivity contribution is -0.145. The quantitative estimate of drug-likeness (QED) is 0.586. The second-order valence-electron chi connectivity index (χ2n) is 2.89. The zero-order chi connectivity index (χ0) is 12.0. The topological polar surface area (TPSA) is 52.6 Å². The Morgan fingerprint density at radius 3 is 2.81 bits per heavy atom. The Morgan fingerprint density at radius 2 is 2.25 bits per heavy atom. The Kier molecular flexibility index (Phi) is 4.79. The first kappa shape index (κ1) is 12.5. The molecule has 0 bridgehead atoms. The highest BCUT2D eigenvalue weighted by molar-refractivity contribution is 6.33. The van der Waals surface area contributed by atoms with E-state index in [0.29, 0.717) is 24.2 Å². The van der Waals surface area contributed by atoms with E-state index in [4.69, 9.17) is 16.3 Å². The minimum absolute atomic E-state index is 0.176. The van der Waals surface area contributed by atoms with Crippen LogP contribution in [0.2, 0.25) is 5.02 Å². The molecule has 0 fully saturated rings. The summed E-state index contributed by atoms with van der Waals surface area (Å²) >= 11 is 5.78. The van der Waals surface area contributed by atoms with Crippen molar-refractivity contribution in [2.75, 3.05) is 13.2 Å². The Morgan fingerprint density at radius 1 is 1.50 bits per heavy atom. The number of hydrogen-bond donors (Lipinski definition) is 0. The number of esters is 1. The van der Waals surface area contributed by atoms with Crippen LogP contribution in [-0.2, 0) is 9.53 Å². The van der Waals surface area contributed by atoms with E-state index in [2.05, 4.69) is 4.74 Å². The fourth-order valence-corrected chi connectivity index (χ4v) is 1.25. The van der Waals surface area contributed by atoms with Crippen LogP contribution in [0.25, 0.3) is 0 Å². The standard InChI is InChI=1S/C11H11ClO4/c1-2-15-11(14)7-16-9-4-3-8(6-13)10(12)5-9/h3-6H,2,7H2,1H3. The van der Waals surface area contributed by atoms with Crippen LogP contribution in [0.15, 0.2) is 18.2 Å². The molecule has 0 N–H and O–H groups in total.